The molecule has 1 fully saturated rings. The van der Waals surface area contributed by atoms with Gasteiger partial charge in [0.2, 0.25) is 5.89 Å². The first-order valence-corrected chi connectivity index (χ1v) is 13.5. The molecule has 0 aliphatic heterocycles. The molecule has 0 unspecified atom stereocenters. The number of nitriles is 1. The van der Waals surface area contributed by atoms with Crippen molar-refractivity contribution >= 4 is 23.1 Å². The average molecular weight is 562 g/mol. The van der Waals surface area contributed by atoms with Gasteiger partial charge in [-0.2, -0.15) is 10.4 Å². The lowest BCUT2D eigenvalue weighted by Gasteiger charge is -2.30. The number of nitrogens with zero attached hydrogens (tertiary/aromatic N) is 6. The Morgan fingerprint density at radius 2 is 1.93 bits per heavy atom. The van der Waals surface area contributed by atoms with Crippen molar-refractivity contribution in [1.29, 1.82) is 5.26 Å². The summed E-state index contributed by atoms with van der Waals surface area (Å²) in [6.45, 7) is 4.11. The second-order valence-electron chi connectivity index (χ2n) is 10.8. The van der Waals surface area contributed by atoms with Gasteiger partial charge in [-0.3, -0.25) is 9.78 Å². The first-order chi connectivity index (χ1) is 19.6. The lowest BCUT2D eigenvalue weighted by atomic mass is 9.91. The Labute approximate surface area is 236 Å². The lowest BCUT2D eigenvalue weighted by Crippen LogP contribution is -2.42. The average Bonchev–Trinajstić information content (AvgIpc) is 3.57. The third-order valence-corrected chi connectivity index (χ3v) is 7.19. The molecule has 13 heteroatoms. The van der Waals surface area contributed by atoms with Crippen molar-refractivity contribution in [3.05, 3.63) is 53.7 Å². The molecule has 1 aliphatic carbocycles. The highest BCUT2D eigenvalue weighted by molar-refractivity contribution is 6.00. The fourth-order valence-corrected chi connectivity index (χ4v) is 4.81. The van der Waals surface area contributed by atoms with Crippen LogP contribution in [0.15, 0.2) is 41.1 Å². The van der Waals surface area contributed by atoms with E-state index in [1.807, 2.05) is 12.1 Å². The standard InChI is InChI=1S/C28H32FN9O3/c1-16-36-37-27(41-16)35-19-6-4-18(5-7-19)34-22-11-23(24-9-8-20-10-17(12-30)13-33-38(20)24)31-14-21(22)26(39)32-15-25(29)28(2,3)40/h8-11,13-14,18-19,25,40H,4-7,15H2,1-3H3,(H,31,34)(H,32,39)(H,35,37)/t18?,19?,25-/m1/s1. The van der Waals surface area contributed by atoms with Gasteiger partial charge in [-0.15, -0.1) is 5.10 Å². The molecule has 0 bridgehead atoms. The smallest absolute Gasteiger partial charge is 0.315 e. The van der Waals surface area contributed by atoms with E-state index in [1.165, 1.54) is 26.2 Å². The van der Waals surface area contributed by atoms with Crippen LogP contribution in [0.25, 0.3) is 16.9 Å². The van der Waals surface area contributed by atoms with Crippen LogP contribution >= 0.6 is 0 Å². The minimum Gasteiger partial charge on any atom is -0.408 e. The zero-order chi connectivity index (χ0) is 29.1. The van der Waals surface area contributed by atoms with E-state index in [9.17, 15) is 19.6 Å². The van der Waals surface area contributed by atoms with Gasteiger partial charge in [-0.05, 0) is 63.8 Å². The number of aromatic nitrogens is 5. The van der Waals surface area contributed by atoms with Crippen molar-refractivity contribution in [3.8, 4) is 17.5 Å². The topological polar surface area (TPSA) is 166 Å². The maximum atomic E-state index is 14.4. The molecule has 214 valence electrons. The highest BCUT2D eigenvalue weighted by atomic mass is 19.1. The Hall–Kier alpha value is -4.57. The predicted octanol–water partition coefficient (Wildman–Crippen LogP) is 3.63. The third kappa shape index (κ3) is 6.44. The molecule has 1 atom stereocenters. The first-order valence-electron chi connectivity index (χ1n) is 13.5. The van der Waals surface area contributed by atoms with Gasteiger partial charge in [-0.1, -0.05) is 5.10 Å². The van der Waals surface area contributed by atoms with Gasteiger partial charge >= 0.3 is 6.01 Å². The molecule has 4 aromatic rings. The number of amides is 1. The highest BCUT2D eigenvalue weighted by Crippen LogP contribution is 2.29. The summed E-state index contributed by atoms with van der Waals surface area (Å²) in [4.78, 5) is 17.7. The molecule has 1 saturated carbocycles. The van der Waals surface area contributed by atoms with Crippen molar-refractivity contribution in [2.45, 2.75) is 70.3 Å². The zero-order valence-electron chi connectivity index (χ0n) is 23.1. The summed E-state index contributed by atoms with van der Waals surface area (Å²) in [6, 6.07) is 9.96. The van der Waals surface area contributed by atoms with E-state index in [2.05, 4.69) is 42.3 Å². The van der Waals surface area contributed by atoms with Crippen molar-refractivity contribution in [1.82, 2.24) is 30.1 Å². The van der Waals surface area contributed by atoms with Crippen LogP contribution in [-0.4, -0.2) is 66.2 Å². The van der Waals surface area contributed by atoms with Gasteiger partial charge in [0.1, 0.15) is 12.2 Å². The van der Waals surface area contributed by atoms with Gasteiger partial charge < -0.3 is 25.5 Å². The van der Waals surface area contributed by atoms with Gasteiger partial charge in [0.15, 0.2) is 0 Å². The van der Waals surface area contributed by atoms with Gasteiger partial charge in [-0.25, -0.2) is 8.91 Å². The molecule has 41 heavy (non-hydrogen) atoms. The molecule has 0 aromatic carbocycles. The second-order valence-corrected chi connectivity index (χ2v) is 10.8. The van der Waals surface area contributed by atoms with Crippen LogP contribution in [0.3, 0.4) is 0 Å². The summed E-state index contributed by atoms with van der Waals surface area (Å²) in [7, 11) is 0. The van der Waals surface area contributed by atoms with Crippen LogP contribution < -0.4 is 16.0 Å². The molecular weight excluding hydrogens is 529 g/mol. The van der Waals surface area contributed by atoms with Crippen LogP contribution in [0.4, 0.5) is 16.1 Å². The Kier molecular flexibility index (Phi) is 7.85. The number of halogens is 1. The molecule has 4 aromatic heterocycles. The normalized spacial score (nSPS) is 18.0. The number of hydrogen-bond donors (Lipinski definition) is 4. The SMILES string of the molecule is Cc1nnc(NC2CCC(Nc3cc(-c4ccc5cc(C#N)cnn45)ncc3C(=O)NC[C@@H](F)C(C)(C)O)CC2)o1. The van der Waals surface area contributed by atoms with Gasteiger partial charge in [0, 0.05) is 25.2 Å². The molecular formula is C28H32FN9O3. The number of nitrogens with one attached hydrogen (secondary N) is 3. The van der Waals surface area contributed by atoms with Crippen molar-refractivity contribution < 1.29 is 18.7 Å². The van der Waals surface area contributed by atoms with E-state index in [-0.39, 0.29) is 24.2 Å². The molecule has 12 nitrogen and oxygen atoms in total. The van der Waals surface area contributed by atoms with Gasteiger partial charge in [0.05, 0.1) is 52.1 Å². The first kappa shape index (κ1) is 28.0. The van der Waals surface area contributed by atoms with Crippen molar-refractivity contribution in [2.75, 3.05) is 17.2 Å². The predicted molar refractivity (Wildman–Crippen MR) is 149 cm³/mol. The van der Waals surface area contributed by atoms with Crippen molar-refractivity contribution in [3.63, 3.8) is 0 Å². The lowest BCUT2D eigenvalue weighted by molar-refractivity contribution is -0.00177. The molecule has 1 amide bonds. The Balaban J connectivity index is 1.37. The summed E-state index contributed by atoms with van der Waals surface area (Å²) in [5, 5.41) is 40.7. The summed E-state index contributed by atoms with van der Waals surface area (Å²) in [5.41, 5.74) is 1.67. The molecule has 4 N–H and O–H groups in total. The fraction of sp³-hybridized carbons (Fsp3) is 0.429. The number of aryl methyl sites for hydroxylation is 1. The number of pyridine rings is 1. The summed E-state index contributed by atoms with van der Waals surface area (Å²) >= 11 is 0. The van der Waals surface area contributed by atoms with Crippen LogP contribution in [0.5, 0.6) is 0 Å². The number of alkyl halides is 1. The molecule has 5 rings (SSSR count). The Bertz CT molecular complexity index is 1580. The molecule has 0 spiro atoms. The number of carbonyl (C=O) groups excluding carboxylic acids is 1. The van der Waals surface area contributed by atoms with E-state index < -0.39 is 17.7 Å². The minimum absolute atomic E-state index is 0.0740. The maximum Gasteiger partial charge on any atom is 0.315 e. The minimum atomic E-state index is -1.64. The number of carbonyl (C=O) groups is 1. The Morgan fingerprint density at radius 3 is 2.59 bits per heavy atom. The van der Waals surface area contributed by atoms with Crippen LogP contribution in [0.1, 0.15) is 61.3 Å². The van der Waals surface area contributed by atoms with E-state index in [0.717, 1.165) is 31.2 Å². The quantitative estimate of drug-likeness (QED) is 0.237. The molecule has 0 saturated heterocycles. The van der Waals surface area contributed by atoms with E-state index >= 15 is 0 Å². The number of rotatable bonds is 9. The zero-order valence-corrected chi connectivity index (χ0v) is 23.1. The van der Waals surface area contributed by atoms with Crippen molar-refractivity contribution in [2.24, 2.45) is 0 Å². The van der Waals surface area contributed by atoms with E-state index in [1.54, 1.807) is 23.6 Å². The molecule has 0 radical (unpaired) electrons. The second kappa shape index (κ2) is 11.5. The van der Waals surface area contributed by atoms with Crippen LogP contribution in [0, 0.1) is 18.3 Å². The van der Waals surface area contributed by atoms with E-state index in [0.29, 0.717) is 34.5 Å². The van der Waals surface area contributed by atoms with Gasteiger partial charge in [0.25, 0.3) is 5.91 Å². The number of aliphatic hydroxyl groups is 1. The fourth-order valence-electron chi connectivity index (χ4n) is 4.81. The summed E-state index contributed by atoms with van der Waals surface area (Å²) in [6.07, 6.45) is 4.64. The third-order valence-electron chi connectivity index (χ3n) is 7.19. The summed E-state index contributed by atoms with van der Waals surface area (Å²) in [5.74, 6) is -0.00220. The number of anilines is 2. The van der Waals surface area contributed by atoms with Crippen LogP contribution in [0.2, 0.25) is 0 Å². The number of fused-ring (bicyclic) bond motifs is 1. The Morgan fingerprint density at radius 1 is 1.20 bits per heavy atom. The largest absolute Gasteiger partial charge is 0.408 e. The molecule has 1 aliphatic rings. The summed E-state index contributed by atoms with van der Waals surface area (Å²) < 4.78 is 21.5. The molecule has 4 heterocycles. The highest BCUT2D eigenvalue weighted by Gasteiger charge is 2.28. The van der Waals surface area contributed by atoms with E-state index in [4.69, 9.17) is 4.42 Å². The van der Waals surface area contributed by atoms with Crippen LogP contribution in [-0.2, 0) is 0 Å². The maximum absolute atomic E-state index is 14.4. The number of hydrogen-bond acceptors (Lipinski definition) is 10. The monoisotopic (exact) mass is 561 g/mol.